The summed E-state index contributed by atoms with van der Waals surface area (Å²) in [5, 5.41) is 6.84. The first-order valence-electron chi connectivity index (χ1n) is 9.09. The number of carbonyl (C=O) groups excluding carboxylic acids is 1. The Labute approximate surface area is 163 Å². The van der Waals surface area contributed by atoms with Crippen LogP contribution in [-0.4, -0.2) is 74.0 Å². The largest absolute Gasteiger partial charge is 0.357 e. The highest BCUT2D eigenvalue weighted by atomic mass is 127. The van der Waals surface area contributed by atoms with Gasteiger partial charge in [-0.25, -0.2) is 0 Å². The Hall–Kier alpha value is -0.570. The highest BCUT2D eigenvalue weighted by Gasteiger charge is 2.30. The Morgan fingerprint density at radius 1 is 1.25 bits per heavy atom. The minimum atomic E-state index is 0. The molecule has 2 aliphatic rings. The quantitative estimate of drug-likeness (QED) is 0.367. The van der Waals surface area contributed by atoms with E-state index in [1.165, 1.54) is 38.6 Å². The van der Waals surface area contributed by atoms with Crippen LogP contribution in [0.15, 0.2) is 4.99 Å². The van der Waals surface area contributed by atoms with Crippen molar-refractivity contribution in [3.8, 4) is 0 Å². The van der Waals surface area contributed by atoms with E-state index in [1.807, 2.05) is 0 Å². The predicted molar refractivity (Wildman–Crippen MR) is 110 cm³/mol. The number of amides is 1. The van der Waals surface area contributed by atoms with Gasteiger partial charge in [-0.15, -0.1) is 24.0 Å². The molecule has 1 aliphatic heterocycles. The van der Waals surface area contributed by atoms with E-state index in [4.69, 9.17) is 0 Å². The summed E-state index contributed by atoms with van der Waals surface area (Å²) in [5.74, 6) is 0.968. The van der Waals surface area contributed by atoms with Gasteiger partial charge in [0.15, 0.2) is 5.96 Å². The van der Waals surface area contributed by atoms with Crippen LogP contribution in [0.2, 0.25) is 0 Å². The number of nitrogens with one attached hydrogen (secondary N) is 2. The predicted octanol–water partition coefficient (Wildman–Crippen LogP) is 1.65. The molecule has 140 valence electrons. The second-order valence-corrected chi connectivity index (χ2v) is 6.86. The van der Waals surface area contributed by atoms with Crippen LogP contribution in [0.25, 0.3) is 0 Å². The average molecular weight is 451 g/mol. The molecule has 2 rings (SSSR count). The number of rotatable bonds is 6. The van der Waals surface area contributed by atoms with Crippen molar-refractivity contribution in [2.24, 2.45) is 4.99 Å². The van der Waals surface area contributed by atoms with Gasteiger partial charge in [0.1, 0.15) is 0 Å². The van der Waals surface area contributed by atoms with Crippen molar-refractivity contribution in [1.29, 1.82) is 0 Å². The Balaban J connectivity index is 0.00000288. The molecule has 0 aromatic heterocycles. The van der Waals surface area contributed by atoms with Crippen molar-refractivity contribution in [2.45, 2.75) is 57.5 Å². The minimum absolute atomic E-state index is 0. The molecule has 0 aromatic carbocycles. The lowest BCUT2D eigenvalue weighted by Crippen LogP contribution is -2.45. The summed E-state index contributed by atoms with van der Waals surface area (Å²) in [6, 6.07) is 1.27. The number of likely N-dealkylation sites (tertiary alicyclic amines) is 1. The van der Waals surface area contributed by atoms with E-state index in [-0.39, 0.29) is 29.9 Å². The lowest BCUT2D eigenvalue weighted by Gasteiger charge is -2.24. The van der Waals surface area contributed by atoms with Crippen LogP contribution in [0.1, 0.15) is 45.4 Å². The molecule has 1 unspecified atom stereocenters. The first kappa shape index (κ1) is 21.5. The first-order chi connectivity index (χ1) is 11.1. The van der Waals surface area contributed by atoms with Crippen LogP contribution in [0.3, 0.4) is 0 Å². The van der Waals surface area contributed by atoms with Gasteiger partial charge >= 0.3 is 0 Å². The van der Waals surface area contributed by atoms with Gasteiger partial charge in [0.2, 0.25) is 5.91 Å². The van der Waals surface area contributed by atoms with Gasteiger partial charge in [-0.05, 0) is 26.2 Å². The van der Waals surface area contributed by atoms with Crippen LogP contribution in [0.4, 0.5) is 0 Å². The third kappa shape index (κ3) is 6.74. The molecule has 1 saturated heterocycles. The van der Waals surface area contributed by atoms with Gasteiger partial charge in [0.05, 0.1) is 6.54 Å². The fourth-order valence-electron chi connectivity index (χ4n) is 3.51. The smallest absolute Gasteiger partial charge is 0.223 e. The van der Waals surface area contributed by atoms with Crippen LogP contribution < -0.4 is 10.6 Å². The summed E-state index contributed by atoms with van der Waals surface area (Å²) in [6.45, 7) is 5.76. The molecule has 2 N–H and O–H groups in total. The summed E-state index contributed by atoms with van der Waals surface area (Å²) in [7, 11) is 3.57. The summed E-state index contributed by atoms with van der Waals surface area (Å²) in [5.41, 5.74) is 0. The van der Waals surface area contributed by atoms with E-state index in [0.717, 1.165) is 25.1 Å². The molecule has 1 saturated carbocycles. The molecule has 1 aliphatic carbocycles. The molecular formula is C17H34IN5O. The summed E-state index contributed by atoms with van der Waals surface area (Å²) < 4.78 is 0. The van der Waals surface area contributed by atoms with E-state index in [2.05, 4.69) is 27.4 Å². The van der Waals surface area contributed by atoms with Crippen molar-refractivity contribution in [3.63, 3.8) is 0 Å². The molecule has 24 heavy (non-hydrogen) atoms. The maximum absolute atomic E-state index is 11.6. The molecule has 0 spiro atoms. The van der Waals surface area contributed by atoms with Gasteiger partial charge in [-0.2, -0.15) is 0 Å². The third-order valence-corrected chi connectivity index (χ3v) is 4.84. The van der Waals surface area contributed by atoms with Gasteiger partial charge in [0, 0.05) is 52.2 Å². The molecular weight excluding hydrogens is 417 g/mol. The lowest BCUT2D eigenvalue weighted by molar-refractivity contribution is -0.128. The molecule has 7 heteroatoms. The third-order valence-electron chi connectivity index (χ3n) is 4.84. The van der Waals surface area contributed by atoms with Crippen LogP contribution in [0.5, 0.6) is 0 Å². The molecule has 6 nitrogen and oxygen atoms in total. The van der Waals surface area contributed by atoms with Crippen molar-refractivity contribution in [2.75, 3.05) is 40.3 Å². The second-order valence-electron chi connectivity index (χ2n) is 6.86. The van der Waals surface area contributed by atoms with E-state index in [0.29, 0.717) is 19.0 Å². The Bertz CT molecular complexity index is 410. The van der Waals surface area contributed by atoms with Crippen LogP contribution in [0, 0.1) is 0 Å². The van der Waals surface area contributed by atoms with Crippen molar-refractivity contribution < 1.29 is 4.79 Å². The van der Waals surface area contributed by atoms with Gasteiger partial charge in [-0.3, -0.25) is 14.7 Å². The molecule has 0 aromatic rings. The molecule has 1 atom stereocenters. The SMILES string of the molecule is CCNC(=NCCC(=O)N(C)C)NC1CCN(C2CCCC2)C1.I. The summed E-state index contributed by atoms with van der Waals surface area (Å²) in [4.78, 5) is 20.4. The first-order valence-corrected chi connectivity index (χ1v) is 9.09. The number of halogens is 1. The molecule has 0 radical (unpaired) electrons. The maximum atomic E-state index is 11.6. The monoisotopic (exact) mass is 451 g/mol. The zero-order valence-electron chi connectivity index (χ0n) is 15.4. The highest BCUT2D eigenvalue weighted by molar-refractivity contribution is 14.0. The van der Waals surface area contributed by atoms with Crippen LogP contribution in [-0.2, 0) is 4.79 Å². The number of hydrogen-bond donors (Lipinski definition) is 2. The Morgan fingerprint density at radius 2 is 1.96 bits per heavy atom. The van der Waals surface area contributed by atoms with E-state index in [1.54, 1.807) is 19.0 Å². The van der Waals surface area contributed by atoms with E-state index >= 15 is 0 Å². The Morgan fingerprint density at radius 3 is 2.58 bits per heavy atom. The molecule has 0 bridgehead atoms. The van der Waals surface area contributed by atoms with Crippen molar-refractivity contribution in [3.05, 3.63) is 0 Å². The van der Waals surface area contributed by atoms with Gasteiger partial charge in [-0.1, -0.05) is 12.8 Å². The number of nitrogens with zero attached hydrogens (tertiary/aromatic N) is 3. The maximum Gasteiger partial charge on any atom is 0.223 e. The standard InChI is InChI=1S/C17H33N5O.HI/c1-4-18-17(19-11-9-16(23)21(2)3)20-14-10-12-22(13-14)15-7-5-6-8-15;/h14-15H,4-13H2,1-3H3,(H2,18,19,20);1H. The average Bonchev–Trinajstić information content (AvgIpc) is 3.17. The Kier molecular flexibility index (Phi) is 9.95. The van der Waals surface area contributed by atoms with Crippen molar-refractivity contribution in [1.82, 2.24) is 20.4 Å². The molecule has 1 amide bonds. The van der Waals surface area contributed by atoms with Gasteiger partial charge < -0.3 is 15.5 Å². The van der Waals surface area contributed by atoms with E-state index < -0.39 is 0 Å². The zero-order valence-corrected chi connectivity index (χ0v) is 17.7. The summed E-state index contributed by atoms with van der Waals surface area (Å²) >= 11 is 0. The molecule has 2 fully saturated rings. The summed E-state index contributed by atoms with van der Waals surface area (Å²) in [6.07, 6.45) is 7.16. The van der Waals surface area contributed by atoms with Crippen molar-refractivity contribution >= 4 is 35.8 Å². The number of aliphatic imine (C=N–C) groups is 1. The minimum Gasteiger partial charge on any atom is -0.357 e. The highest BCUT2D eigenvalue weighted by Crippen LogP contribution is 2.26. The molecule has 1 heterocycles. The van der Waals surface area contributed by atoms with Gasteiger partial charge in [0.25, 0.3) is 0 Å². The normalized spacial score (nSPS) is 22.3. The number of hydrogen-bond acceptors (Lipinski definition) is 3. The van der Waals surface area contributed by atoms with E-state index in [9.17, 15) is 4.79 Å². The van der Waals surface area contributed by atoms with Crippen LogP contribution >= 0.6 is 24.0 Å². The number of guanidine groups is 1. The fourth-order valence-corrected chi connectivity index (χ4v) is 3.51. The topological polar surface area (TPSA) is 60.0 Å². The zero-order chi connectivity index (χ0) is 16.7. The fraction of sp³-hybridized carbons (Fsp3) is 0.882. The lowest BCUT2D eigenvalue weighted by atomic mass is 10.2. The number of carbonyl (C=O) groups is 1. The second kappa shape index (κ2) is 11.1.